The van der Waals surface area contributed by atoms with Crippen molar-refractivity contribution in [2.75, 3.05) is 13.6 Å². The molecule has 154 valence electrons. The minimum Gasteiger partial charge on any atom is -0.466 e. The molecule has 0 spiro atoms. The van der Waals surface area contributed by atoms with Crippen LogP contribution in [0.15, 0.2) is 44.0 Å². The number of sulfonamides is 1. The van der Waals surface area contributed by atoms with Crippen LogP contribution in [0.3, 0.4) is 0 Å². The van der Waals surface area contributed by atoms with Gasteiger partial charge in [-0.15, -0.1) is 4.40 Å². The van der Waals surface area contributed by atoms with Crippen molar-refractivity contribution in [1.29, 1.82) is 0 Å². The SMILES string of the molecule is Cc1cc2c(o1)CC(C)(C)C[C@H]2NC(=O)CN(C)C1=NS(=O)(=O)c2ccccc21. The van der Waals surface area contributed by atoms with Gasteiger partial charge in [0, 0.05) is 24.6 Å². The Hall–Kier alpha value is -2.61. The molecule has 1 atom stereocenters. The molecule has 1 aromatic carbocycles. The largest absolute Gasteiger partial charge is 0.466 e. The number of fused-ring (bicyclic) bond motifs is 2. The number of carbonyl (C=O) groups excluding carboxylic acids is 1. The smallest absolute Gasteiger partial charge is 0.285 e. The van der Waals surface area contributed by atoms with Gasteiger partial charge >= 0.3 is 0 Å². The van der Waals surface area contributed by atoms with Gasteiger partial charge in [-0.05, 0) is 37.0 Å². The van der Waals surface area contributed by atoms with E-state index >= 15 is 0 Å². The van der Waals surface area contributed by atoms with Crippen LogP contribution in [0.25, 0.3) is 0 Å². The average Bonchev–Trinajstić information content (AvgIpc) is 3.11. The molecular weight excluding hydrogens is 390 g/mol. The number of carbonyl (C=O) groups is 1. The van der Waals surface area contributed by atoms with E-state index in [2.05, 4.69) is 23.6 Å². The fraction of sp³-hybridized carbons (Fsp3) is 0.429. The van der Waals surface area contributed by atoms with Gasteiger partial charge in [0.1, 0.15) is 16.4 Å². The van der Waals surface area contributed by atoms with Crippen LogP contribution in [-0.2, 0) is 21.2 Å². The molecule has 0 fully saturated rings. The lowest BCUT2D eigenvalue weighted by atomic mass is 9.74. The lowest BCUT2D eigenvalue weighted by Crippen LogP contribution is -2.42. The molecule has 0 saturated carbocycles. The van der Waals surface area contributed by atoms with Gasteiger partial charge in [-0.25, -0.2) is 0 Å². The van der Waals surface area contributed by atoms with Crippen molar-refractivity contribution in [1.82, 2.24) is 10.2 Å². The highest BCUT2D eigenvalue weighted by molar-refractivity contribution is 7.90. The van der Waals surface area contributed by atoms with Crippen LogP contribution in [0, 0.1) is 12.3 Å². The third-order valence-corrected chi connectivity index (χ3v) is 6.75. The van der Waals surface area contributed by atoms with E-state index in [1.165, 1.54) is 6.07 Å². The third-order valence-electron chi connectivity index (χ3n) is 5.43. The van der Waals surface area contributed by atoms with Crippen LogP contribution in [0.4, 0.5) is 0 Å². The Morgan fingerprint density at radius 3 is 2.83 bits per heavy atom. The highest BCUT2D eigenvalue weighted by Crippen LogP contribution is 2.42. The Morgan fingerprint density at radius 2 is 2.07 bits per heavy atom. The van der Waals surface area contributed by atoms with Gasteiger partial charge < -0.3 is 14.6 Å². The quantitative estimate of drug-likeness (QED) is 0.832. The Bertz CT molecular complexity index is 1110. The number of furan rings is 1. The van der Waals surface area contributed by atoms with Crippen molar-refractivity contribution in [2.45, 2.75) is 44.6 Å². The van der Waals surface area contributed by atoms with E-state index in [1.807, 2.05) is 13.0 Å². The highest BCUT2D eigenvalue weighted by Gasteiger charge is 2.36. The number of amides is 1. The summed E-state index contributed by atoms with van der Waals surface area (Å²) in [6.07, 6.45) is 1.65. The van der Waals surface area contributed by atoms with Crippen LogP contribution >= 0.6 is 0 Å². The van der Waals surface area contributed by atoms with Crippen molar-refractivity contribution >= 4 is 21.8 Å². The number of rotatable bonds is 3. The summed E-state index contributed by atoms with van der Waals surface area (Å²) in [7, 11) is -2.04. The summed E-state index contributed by atoms with van der Waals surface area (Å²) in [5, 5.41) is 3.10. The highest BCUT2D eigenvalue weighted by atomic mass is 32.2. The Balaban J connectivity index is 1.51. The predicted octanol–water partition coefficient (Wildman–Crippen LogP) is 2.80. The van der Waals surface area contributed by atoms with Crippen molar-refractivity contribution < 1.29 is 17.6 Å². The van der Waals surface area contributed by atoms with Crippen LogP contribution in [0.2, 0.25) is 0 Å². The molecule has 1 amide bonds. The van der Waals surface area contributed by atoms with E-state index < -0.39 is 10.0 Å². The second-order valence-corrected chi connectivity index (χ2v) is 10.2. The molecule has 1 aromatic heterocycles. The number of aryl methyl sites for hydroxylation is 1. The maximum atomic E-state index is 12.8. The first kappa shape index (κ1) is 19.7. The van der Waals surface area contributed by atoms with E-state index in [0.29, 0.717) is 11.4 Å². The fourth-order valence-electron chi connectivity index (χ4n) is 4.21. The molecule has 0 saturated heterocycles. The molecule has 0 radical (unpaired) electrons. The first-order chi connectivity index (χ1) is 13.6. The van der Waals surface area contributed by atoms with Crippen LogP contribution in [0.1, 0.15) is 49.0 Å². The van der Waals surface area contributed by atoms with Crippen molar-refractivity contribution in [2.24, 2.45) is 9.81 Å². The number of benzene rings is 1. The van der Waals surface area contributed by atoms with Gasteiger partial charge in [0.2, 0.25) is 5.91 Å². The monoisotopic (exact) mass is 415 g/mol. The zero-order valence-corrected chi connectivity index (χ0v) is 17.8. The molecule has 2 aromatic rings. The van der Waals surface area contributed by atoms with Crippen molar-refractivity contribution in [3.63, 3.8) is 0 Å². The molecule has 1 aliphatic carbocycles. The summed E-state index contributed by atoms with van der Waals surface area (Å²) in [5.74, 6) is 1.87. The molecule has 8 heteroatoms. The van der Waals surface area contributed by atoms with Gasteiger partial charge in [-0.2, -0.15) is 8.42 Å². The minimum atomic E-state index is -3.71. The second kappa shape index (κ2) is 6.73. The summed E-state index contributed by atoms with van der Waals surface area (Å²) >= 11 is 0. The van der Waals surface area contributed by atoms with E-state index in [4.69, 9.17) is 4.42 Å². The van der Waals surface area contributed by atoms with Crippen molar-refractivity contribution in [3.05, 3.63) is 53.0 Å². The average molecular weight is 416 g/mol. The number of hydrogen-bond donors (Lipinski definition) is 1. The lowest BCUT2D eigenvalue weighted by molar-refractivity contribution is -0.122. The molecule has 4 rings (SSSR count). The first-order valence-corrected chi connectivity index (χ1v) is 11.0. The molecule has 0 unspecified atom stereocenters. The van der Waals surface area contributed by atoms with Gasteiger partial charge in [0.25, 0.3) is 10.0 Å². The van der Waals surface area contributed by atoms with Gasteiger partial charge in [0.15, 0.2) is 5.84 Å². The summed E-state index contributed by atoms with van der Waals surface area (Å²) in [6, 6.07) is 8.52. The Morgan fingerprint density at radius 1 is 1.34 bits per heavy atom. The topological polar surface area (TPSA) is 92.0 Å². The molecule has 7 nitrogen and oxygen atoms in total. The second-order valence-electron chi connectivity index (χ2n) is 8.64. The first-order valence-electron chi connectivity index (χ1n) is 9.60. The number of likely N-dealkylation sites (N-methyl/N-ethyl adjacent to an activating group) is 1. The Kier molecular flexibility index (Phi) is 4.57. The summed E-state index contributed by atoms with van der Waals surface area (Å²) in [6.45, 7) is 6.24. The fourth-order valence-corrected chi connectivity index (χ4v) is 5.46. The van der Waals surface area contributed by atoms with Crippen LogP contribution in [-0.4, -0.2) is 38.7 Å². The normalized spacial score (nSPS) is 21.1. The van der Waals surface area contributed by atoms with E-state index in [0.717, 1.165) is 29.9 Å². The molecule has 2 heterocycles. The standard InChI is InChI=1S/C21H25N3O4S/c1-13-9-15-16(10-21(2,3)11-17(15)28-13)22-19(25)12-24(4)20-14-7-5-6-8-18(14)29(26,27)23-20/h5-9,16H,10-12H2,1-4H3,(H,22,25)/t16-/m1/s1. The third kappa shape index (κ3) is 3.69. The summed E-state index contributed by atoms with van der Waals surface area (Å²) in [4.78, 5) is 14.5. The predicted molar refractivity (Wildman–Crippen MR) is 109 cm³/mol. The number of nitrogens with one attached hydrogen (secondary N) is 1. The zero-order valence-electron chi connectivity index (χ0n) is 17.0. The van der Waals surface area contributed by atoms with Gasteiger partial charge in [-0.1, -0.05) is 26.0 Å². The van der Waals surface area contributed by atoms with Crippen molar-refractivity contribution in [3.8, 4) is 0 Å². The maximum Gasteiger partial charge on any atom is 0.285 e. The molecule has 2 aliphatic rings. The van der Waals surface area contributed by atoms with E-state index in [9.17, 15) is 13.2 Å². The molecule has 0 bridgehead atoms. The molecule has 1 aliphatic heterocycles. The minimum absolute atomic E-state index is 0.00574. The van der Waals surface area contributed by atoms with Gasteiger partial charge in [0.05, 0.1) is 12.6 Å². The summed E-state index contributed by atoms with van der Waals surface area (Å²) < 4.78 is 34.2. The maximum absolute atomic E-state index is 12.8. The van der Waals surface area contributed by atoms with Crippen LogP contribution in [0.5, 0.6) is 0 Å². The molecule has 29 heavy (non-hydrogen) atoms. The van der Waals surface area contributed by atoms with Crippen LogP contribution < -0.4 is 5.32 Å². The Labute approximate surface area is 170 Å². The molecular formula is C21H25N3O4S. The number of nitrogens with zero attached hydrogens (tertiary/aromatic N) is 2. The van der Waals surface area contributed by atoms with E-state index in [1.54, 1.807) is 30.1 Å². The summed E-state index contributed by atoms with van der Waals surface area (Å²) in [5.41, 5.74) is 1.57. The van der Waals surface area contributed by atoms with Gasteiger partial charge in [-0.3, -0.25) is 4.79 Å². The lowest BCUT2D eigenvalue weighted by Gasteiger charge is -2.35. The van der Waals surface area contributed by atoms with E-state index in [-0.39, 0.29) is 28.8 Å². The number of hydrogen-bond acceptors (Lipinski definition) is 5. The number of amidine groups is 1. The molecule has 1 N–H and O–H groups in total. The zero-order chi connectivity index (χ0) is 21.0.